The third-order valence-electron chi connectivity index (χ3n) is 4.54. The van der Waals surface area contributed by atoms with Crippen molar-refractivity contribution in [3.8, 4) is 11.5 Å². The van der Waals surface area contributed by atoms with Gasteiger partial charge in [0, 0.05) is 57.7 Å². The van der Waals surface area contributed by atoms with Crippen LogP contribution in [0.1, 0.15) is 5.56 Å². The summed E-state index contributed by atoms with van der Waals surface area (Å²) in [6.07, 6.45) is 3.55. The maximum absolute atomic E-state index is 5.57. The molecule has 3 heterocycles. The average Bonchev–Trinajstić information content (AvgIpc) is 3.19. The van der Waals surface area contributed by atoms with E-state index in [0.717, 1.165) is 55.1 Å². The lowest BCUT2D eigenvalue weighted by molar-refractivity contribution is 0.173. The van der Waals surface area contributed by atoms with Gasteiger partial charge in [-0.1, -0.05) is 12.1 Å². The van der Waals surface area contributed by atoms with Gasteiger partial charge in [0.15, 0.2) is 17.5 Å². The van der Waals surface area contributed by atoms with E-state index in [1.54, 1.807) is 12.4 Å². The number of hydrogen-bond donors (Lipinski definition) is 1. The number of nitrogens with one attached hydrogen (secondary N) is 1. The van der Waals surface area contributed by atoms with Gasteiger partial charge >= 0.3 is 0 Å². The second-order valence-electron chi connectivity index (χ2n) is 6.07. The Morgan fingerprint density at radius 1 is 1.12 bits per heavy atom. The van der Waals surface area contributed by atoms with Crippen molar-refractivity contribution in [3.05, 3.63) is 42.2 Å². The average molecular weight is 354 g/mol. The molecule has 2 aliphatic rings. The first kappa shape index (κ1) is 16.4. The third-order valence-corrected chi connectivity index (χ3v) is 4.54. The normalized spacial score (nSPS) is 16.7. The van der Waals surface area contributed by atoms with E-state index in [-0.39, 0.29) is 6.79 Å². The maximum Gasteiger partial charge on any atom is 0.231 e. The Balaban J connectivity index is 1.35. The number of ether oxygens (including phenoxy) is 2. The zero-order valence-electron chi connectivity index (χ0n) is 14.8. The summed E-state index contributed by atoms with van der Waals surface area (Å²) >= 11 is 0. The van der Waals surface area contributed by atoms with Crippen LogP contribution in [0.3, 0.4) is 0 Å². The second kappa shape index (κ2) is 7.47. The Kier molecular flexibility index (Phi) is 4.72. The number of nitrogens with zero attached hydrogens (tertiary/aromatic N) is 5. The van der Waals surface area contributed by atoms with Crippen molar-refractivity contribution in [3.63, 3.8) is 0 Å². The lowest BCUT2D eigenvalue weighted by Crippen LogP contribution is -2.52. The van der Waals surface area contributed by atoms with Crippen molar-refractivity contribution in [2.75, 3.05) is 44.9 Å². The number of benzene rings is 1. The maximum atomic E-state index is 5.57. The first-order valence-corrected chi connectivity index (χ1v) is 8.70. The molecule has 2 aliphatic heterocycles. The number of aromatic nitrogens is 2. The number of aliphatic imine (C=N–C) groups is 1. The molecule has 0 spiro atoms. The molecule has 0 amide bonds. The van der Waals surface area contributed by atoms with E-state index in [2.05, 4.69) is 30.1 Å². The van der Waals surface area contributed by atoms with Gasteiger partial charge in [-0.3, -0.25) is 4.99 Å². The van der Waals surface area contributed by atoms with Crippen molar-refractivity contribution < 1.29 is 9.47 Å². The number of fused-ring (bicyclic) bond motifs is 1. The summed E-state index contributed by atoms with van der Waals surface area (Å²) in [5.41, 5.74) is 1.07. The van der Waals surface area contributed by atoms with Crippen molar-refractivity contribution in [1.82, 2.24) is 20.2 Å². The molecule has 0 saturated carbocycles. The molecule has 8 heteroatoms. The van der Waals surface area contributed by atoms with Crippen LogP contribution in [0.25, 0.3) is 0 Å². The molecule has 4 rings (SSSR count). The molecule has 1 saturated heterocycles. The molecule has 0 radical (unpaired) electrons. The van der Waals surface area contributed by atoms with Crippen LogP contribution in [0.15, 0.2) is 41.7 Å². The molecule has 26 heavy (non-hydrogen) atoms. The van der Waals surface area contributed by atoms with Crippen LogP contribution in [0, 0.1) is 0 Å². The molecule has 1 fully saturated rings. The molecule has 0 aliphatic carbocycles. The summed E-state index contributed by atoms with van der Waals surface area (Å²) < 4.78 is 11.0. The van der Waals surface area contributed by atoms with Gasteiger partial charge in [-0.15, -0.1) is 0 Å². The molecular formula is C18H22N6O2. The van der Waals surface area contributed by atoms with E-state index in [0.29, 0.717) is 6.54 Å². The minimum atomic E-state index is 0.282. The summed E-state index contributed by atoms with van der Waals surface area (Å²) in [7, 11) is 1.81. The molecule has 0 atom stereocenters. The van der Waals surface area contributed by atoms with Crippen LogP contribution < -0.4 is 19.7 Å². The molecule has 1 aromatic heterocycles. The smallest absolute Gasteiger partial charge is 0.231 e. The standard InChI is InChI=1S/C18H22N6O2/c1-19-17(22-12-14-4-2-5-15-16(14)26-13-25-15)23-8-10-24(11-9-23)18-20-6-3-7-21-18/h2-7H,8-13H2,1H3,(H,19,22). The lowest BCUT2D eigenvalue weighted by Gasteiger charge is -2.36. The molecule has 1 N–H and O–H groups in total. The van der Waals surface area contributed by atoms with Gasteiger partial charge in [0.05, 0.1) is 0 Å². The Morgan fingerprint density at radius 3 is 2.69 bits per heavy atom. The lowest BCUT2D eigenvalue weighted by atomic mass is 10.2. The van der Waals surface area contributed by atoms with Gasteiger partial charge in [0.25, 0.3) is 0 Å². The fourth-order valence-corrected chi connectivity index (χ4v) is 3.21. The molecule has 136 valence electrons. The topological polar surface area (TPSA) is 75.1 Å². The minimum Gasteiger partial charge on any atom is -0.454 e. The molecule has 8 nitrogen and oxygen atoms in total. The highest BCUT2D eigenvalue weighted by molar-refractivity contribution is 5.80. The van der Waals surface area contributed by atoms with Gasteiger partial charge in [0.2, 0.25) is 12.7 Å². The van der Waals surface area contributed by atoms with Gasteiger partial charge in [-0.2, -0.15) is 0 Å². The predicted octanol–water partition coefficient (Wildman–Crippen LogP) is 1.10. The number of hydrogen-bond acceptors (Lipinski definition) is 6. The largest absolute Gasteiger partial charge is 0.454 e. The Bertz CT molecular complexity index is 775. The van der Waals surface area contributed by atoms with E-state index in [4.69, 9.17) is 9.47 Å². The highest BCUT2D eigenvalue weighted by Crippen LogP contribution is 2.35. The molecule has 0 bridgehead atoms. The van der Waals surface area contributed by atoms with Gasteiger partial charge in [0.1, 0.15) is 0 Å². The monoisotopic (exact) mass is 354 g/mol. The van der Waals surface area contributed by atoms with Crippen LogP contribution in [0.2, 0.25) is 0 Å². The fourth-order valence-electron chi connectivity index (χ4n) is 3.21. The van der Waals surface area contributed by atoms with Crippen LogP contribution in [-0.4, -0.2) is 60.8 Å². The minimum absolute atomic E-state index is 0.282. The van der Waals surface area contributed by atoms with Crippen molar-refractivity contribution >= 4 is 11.9 Å². The van der Waals surface area contributed by atoms with Crippen LogP contribution in [0.5, 0.6) is 11.5 Å². The van der Waals surface area contributed by atoms with Crippen LogP contribution in [0.4, 0.5) is 5.95 Å². The number of piperazine rings is 1. The van der Waals surface area contributed by atoms with Crippen LogP contribution >= 0.6 is 0 Å². The van der Waals surface area contributed by atoms with E-state index in [9.17, 15) is 0 Å². The summed E-state index contributed by atoms with van der Waals surface area (Å²) in [6, 6.07) is 7.77. The number of guanidine groups is 1. The first-order valence-electron chi connectivity index (χ1n) is 8.70. The summed E-state index contributed by atoms with van der Waals surface area (Å²) in [5, 5.41) is 3.43. The predicted molar refractivity (Wildman–Crippen MR) is 98.6 cm³/mol. The highest BCUT2D eigenvalue weighted by atomic mass is 16.7. The quantitative estimate of drug-likeness (QED) is 0.653. The van der Waals surface area contributed by atoms with Crippen molar-refractivity contribution in [2.45, 2.75) is 6.54 Å². The molecular weight excluding hydrogens is 332 g/mol. The molecule has 1 aromatic carbocycles. The van der Waals surface area contributed by atoms with E-state index in [1.807, 2.05) is 31.3 Å². The molecule has 2 aromatic rings. The first-order chi connectivity index (χ1) is 12.8. The Hall–Kier alpha value is -3.03. The van der Waals surface area contributed by atoms with Crippen molar-refractivity contribution in [1.29, 1.82) is 0 Å². The Morgan fingerprint density at radius 2 is 1.92 bits per heavy atom. The fraction of sp³-hybridized carbons (Fsp3) is 0.389. The van der Waals surface area contributed by atoms with Crippen molar-refractivity contribution in [2.24, 2.45) is 4.99 Å². The SMILES string of the molecule is CN=C(NCc1cccc2c1OCO2)N1CCN(c2ncccn2)CC1. The third kappa shape index (κ3) is 3.35. The number of para-hydroxylation sites is 1. The van der Waals surface area contributed by atoms with Gasteiger partial charge < -0.3 is 24.6 Å². The Labute approximate surface area is 152 Å². The highest BCUT2D eigenvalue weighted by Gasteiger charge is 2.22. The van der Waals surface area contributed by atoms with Crippen LogP contribution in [-0.2, 0) is 6.54 Å². The zero-order valence-corrected chi connectivity index (χ0v) is 14.8. The van der Waals surface area contributed by atoms with E-state index >= 15 is 0 Å². The summed E-state index contributed by atoms with van der Waals surface area (Å²) in [6.45, 7) is 4.38. The van der Waals surface area contributed by atoms with E-state index < -0.39 is 0 Å². The number of anilines is 1. The summed E-state index contributed by atoms with van der Waals surface area (Å²) in [4.78, 5) is 17.5. The number of rotatable bonds is 3. The molecule has 0 unspecified atom stereocenters. The van der Waals surface area contributed by atoms with Gasteiger partial charge in [-0.25, -0.2) is 9.97 Å². The zero-order chi connectivity index (χ0) is 17.8. The second-order valence-corrected chi connectivity index (χ2v) is 6.07. The summed E-state index contributed by atoms with van der Waals surface area (Å²) in [5.74, 6) is 3.29. The van der Waals surface area contributed by atoms with Gasteiger partial charge in [-0.05, 0) is 12.1 Å². The van der Waals surface area contributed by atoms with E-state index in [1.165, 1.54) is 0 Å².